The van der Waals surface area contributed by atoms with Crippen LogP contribution in [0, 0.1) is 13.8 Å². The maximum absolute atomic E-state index is 3.20. The molecule has 0 aliphatic rings. The van der Waals surface area contributed by atoms with Crippen molar-refractivity contribution in [2.75, 3.05) is 13.6 Å². The van der Waals surface area contributed by atoms with Crippen molar-refractivity contribution in [1.82, 2.24) is 5.32 Å². The first-order valence-corrected chi connectivity index (χ1v) is 5.59. The lowest BCUT2D eigenvalue weighted by Crippen LogP contribution is -2.09. The van der Waals surface area contributed by atoms with Gasteiger partial charge in [-0.05, 0) is 44.0 Å². The Morgan fingerprint density at radius 3 is 2.67 bits per heavy atom. The van der Waals surface area contributed by atoms with E-state index in [1.165, 1.54) is 22.3 Å². The van der Waals surface area contributed by atoms with Crippen molar-refractivity contribution in [1.29, 1.82) is 0 Å². The Morgan fingerprint density at radius 2 is 2.07 bits per heavy atom. The van der Waals surface area contributed by atoms with E-state index < -0.39 is 0 Å². The van der Waals surface area contributed by atoms with Gasteiger partial charge in [0.15, 0.2) is 0 Å². The van der Waals surface area contributed by atoms with Crippen LogP contribution in [0.2, 0.25) is 0 Å². The van der Waals surface area contributed by atoms with E-state index in [4.69, 9.17) is 0 Å². The predicted octanol–water partition coefficient (Wildman–Crippen LogP) is 3.32. The van der Waals surface area contributed by atoms with Gasteiger partial charge in [0.25, 0.3) is 0 Å². The minimum Gasteiger partial charge on any atom is -0.316 e. The zero-order valence-electron chi connectivity index (χ0n) is 10.2. The van der Waals surface area contributed by atoms with E-state index in [1.54, 1.807) is 0 Å². The van der Waals surface area contributed by atoms with Crippen molar-refractivity contribution >= 4 is 6.08 Å². The van der Waals surface area contributed by atoms with Gasteiger partial charge in [-0.15, -0.1) is 0 Å². The second-order valence-corrected chi connectivity index (χ2v) is 3.98. The smallest absolute Gasteiger partial charge is 0.0164 e. The number of nitrogens with one attached hydrogen (secondary N) is 1. The molecule has 1 nitrogen and oxygen atoms in total. The molecular formula is C14H21N. The minimum atomic E-state index is 0.976. The molecule has 0 saturated carbocycles. The molecule has 1 heteroatoms. The summed E-state index contributed by atoms with van der Waals surface area (Å²) in [6.45, 7) is 7.53. The van der Waals surface area contributed by atoms with Crippen LogP contribution in [0.15, 0.2) is 23.8 Å². The molecule has 1 aromatic carbocycles. The molecule has 0 aliphatic heterocycles. The van der Waals surface area contributed by atoms with Gasteiger partial charge in [0.05, 0.1) is 0 Å². The quantitative estimate of drug-likeness (QED) is 0.791. The van der Waals surface area contributed by atoms with Crippen LogP contribution in [0.4, 0.5) is 0 Å². The molecule has 0 amide bonds. The van der Waals surface area contributed by atoms with Gasteiger partial charge in [0, 0.05) is 6.54 Å². The molecule has 0 spiro atoms. The average Bonchev–Trinajstić information content (AvgIpc) is 2.24. The van der Waals surface area contributed by atoms with Crippen LogP contribution in [-0.4, -0.2) is 13.6 Å². The summed E-state index contributed by atoms with van der Waals surface area (Å²) in [5.74, 6) is 0. The number of aryl methyl sites for hydroxylation is 1. The zero-order valence-corrected chi connectivity index (χ0v) is 10.2. The van der Waals surface area contributed by atoms with Gasteiger partial charge in [0.1, 0.15) is 0 Å². The Bertz CT molecular complexity index is 350. The molecule has 0 radical (unpaired) electrons. The molecule has 0 heterocycles. The molecule has 0 bridgehead atoms. The molecule has 0 aromatic heterocycles. The largest absolute Gasteiger partial charge is 0.316 e. The third kappa shape index (κ3) is 3.21. The molecule has 1 aromatic rings. The summed E-state index contributed by atoms with van der Waals surface area (Å²) >= 11 is 0. The van der Waals surface area contributed by atoms with E-state index in [2.05, 4.69) is 50.4 Å². The highest BCUT2D eigenvalue weighted by Crippen LogP contribution is 2.16. The van der Waals surface area contributed by atoms with Crippen LogP contribution in [0.5, 0.6) is 0 Å². The molecule has 0 fully saturated rings. The van der Waals surface area contributed by atoms with Gasteiger partial charge >= 0.3 is 0 Å². The highest BCUT2D eigenvalue weighted by Gasteiger charge is 1.99. The Kier molecular flexibility index (Phi) is 4.57. The summed E-state index contributed by atoms with van der Waals surface area (Å²) in [6, 6.07) is 6.48. The Hall–Kier alpha value is -1.08. The third-order valence-electron chi connectivity index (χ3n) is 2.86. The fourth-order valence-corrected chi connectivity index (χ4v) is 1.66. The summed E-state index contributed by atoms with van der Waals surface area (Å²) in [5, 5.41) is 3.20. The molecule has 0 unspecified atom stereocenters. The second-order valence-electron chi connectivity index (χ2n) is 3.98. The van der Waals surface area contributed by atoms with Crippen molar-refractivity contribution in [3.8, 4) is 0 Å². The van der Waals surface area contributed by atoms with Gasteiger partial charge in [-0.2, -0.15) is 0 Å². The maximum Gasteiger partial charge on any atom is 0.0164 e. The summed E-state index contributed by atoms with van der Waals surface area (Å²) in [4.78, 5) is 0. The van der Waals surface area contributed by atoms with E-state index >= 15 is 0 Å². The first-order chi connectivity index (χ1) is 7.19. The molecule has 1 rings (SSSR count). The lowest BCUT2D eigenvalue weighted by atomic mass is 10.0. The van der Waals surface area contributed by atoms with Crippen LogP contribution < -0.4 is 5.32 Å². The van der Waals surface area contributed by atoms with Crippen molar-refractivity contribution in [2.45, 2.75) is 27.2 Å². The Morgan fingerprint density at radius 1 is 1.33 bits per heavy atom. The summed E-state index contributed by atoms with van der Waals surface area (Å²) in [7, 11) is 1.99. The van der Waals surface area contributed by atoms with Crippen molar-refractivity contribution in [3.63, 3.8) is 0 Å². The molecule has 15 heavy (non-hydrogen) atoms. The van der Waals surface area contributed by atoms with Crippen molar-refractivity contribution in [2.24, 2.45) is 0 Å². The van der Waals surface area contributed by atoms with Gasteiger partial charge in [-0.25, -0.2) is 0 Å². The number of rotatable bonds is 4. The van der Waals surface area contributed by atoms with Crippen molar-refractivity contribution < 1.29 is 0 Å². The number of benzene rings is 1. The van der Waals surface area contributed by atoms with Crippen LogP contribution in [-0.2, 0) is 0 Å². The van der Waals surface area contributed by atoms with Crippen molar-refractivity contribution in [3.05, 3.63) is 40.5 Å². The number of hydrogen-bond acceptors (Lipinski definition) is 1. The average molecular weight is 203 g/mol. The van der Waals surface area contributed by atoms with E-state index in [1.807, 2.05) is 7.05 Å². The highest BCUT2D eigenvalue weighted by atomic mass is 14.8. The fourth-order valence-electron chi connectivity index (χ4n) is 1.66. The molecule has 0 aliphatic carbocycles. The van der Waals surface area contributed by atoms with Gasteiger partial charge in [-0.1, -0.05) is 36.8 Å². The first kappa shape index (κ1) is 12.0. The van der Waals surface area contributed by atoms with E-state index in [9.17, 15) is 0 Å². The van der Waals surface area contributed by atoms with Gasteiger partial charge in [-0.3, -0.25) is 0 Å². The van der Waals surface area contributed by atoms with Gasteiger partial charge < -0.3 is 5.32 Å². The highest BCUT2D eigenvalue weighted by molar-refractivity contribution is 5.58. The van der Waals surface area contributed by atoms with E-state index in [0.717, 1.165) is 13.0 Å². The minimum absolute atomic E-state index is 0.976. The van der Waals surface area contributed by atoms with Crippen LogP contribution in [0.3, 0.4) is 0 Å². The van der Waals surface area contributed by atoms with E-state index in [-0.39, 0.29) is 0 Å². The Labute approximate surface area is 93.2 Å². The first-order valence-electron chi connectivity index (χ1n) is 5.59. The molecular weight excluding hydrogens is 182 g/mol. The second kappa shape index (κ2) is 5.72. The molecule has 0 atom stereocenters. The summed E-state index contributed by atoms with van der Waals surface area (Å²) < 4.78 is 0. The fraction of sp³-hybridized carbons (Fsp3) is 0.429. The summed E-state index contributed by atoms with van der Waals surface area (Å²) in [6.07, 6.45) is 3.41. The third-order valence-corrected chi connectivity index (χ3v) is 2.86. The van der Waals surface area contributed by atoms with Gasteiger partial charge in [0.2, 0.25) is 0 Å². The normalized spacial score (nSPS) is 11.9. The molecule has 1 N–H and O–H groups in total. The van der Waals surface area contributed by atoms with Crippen LogP contribution >= 0.6 is 0 Å². The monoisotopic (exact) mass is 203 g/mol. The SMILES string of the molecule is CCC(=Cc1cccc(C)c1C)CNC. The number of hydrogen-bond donors (Lipinski definition) is 1. The number of likely N-dealkylation sites (N-methyl/N-ethyl adjacent to an activating group) is 1. The van der Waals surface area contributed by atoms with Crippen LogP contribution in [0.1, 0.15) is 30.0 Å². The molecule has 0 saturated heterocycles. The zero-order chi connectivity index (χ0) is 11.3. The lowest BCUT2D eigenvalue weighted by Gasteiger charge is -2.07. The Balaban J connectivity index is 3.00. The van der Waals surface area contributed by atoms with Crippen LogP contribution in [0.25, 0.3) is 6.08 Å². The maximum atomic E-state index is 3.20. The predicted molar refractivity (Wildman–Crippen MR) is 68.1 cm³/mol. The molecule has 82 valence electrons. The summed E-state index contributed by atoms with van der Waals surface area (Å²) in [5.41, 5.74) is 5.55. The lowest BCUT2D eigenvalue weighted by molar-refractivity contribution is 0.851. The topological polar surface area (TPSA) is 12.0 Å². The standard InChI is InChI=1S/C14H21N/c1-5-13(10-15-4)9-14-8-6-7-11(2)12(14)3/h6-9,15H,5,10H2,1-4H3. The van der Waals surface area contributed by atoms with E-state index in [0.29, 0.717) is 0 Å².